The zero-order valence-electron chi connectivity index (χ0n) is 20.7. The van der Waals surface area contributed by atoms with Crippen molar-refractivity contribution >= 4 is 29.3 Å². The van der Waals surface area contributed by atoms with Crippen molar-refractivity contribution in [2.24, 2.45) is 5.92 Å². The maximum atomic E-state index is 12.8. The topological polar surface area (TPSA) is 183 Å². The molecule has 0 saturated carbocycles. The molecule has 3 N–H and O–H groups in total. The molecule has 2 aromatic carbocycles. The summed E-state index contributed by atoms with van der Waals surface area (Å²) in [6.45, 7) is 6.33. The number of amides is 3. The second-order valence-electron chi connectivity index (χ2n) is 9.01. The van der Waals surface area contributed by atoms with Crippen molar-refractivity contribution in [1.82, 2.24) is 16.0 Å². The van der Waals surface area contributed by atoms with E-state index in [4.69, 9.17) is 4.74 Å². The molecule has 37 heavy (non-hydrogen) atoms. The smallest absolute Gasteiger partial charge is 0.414 e. The lowest BCUT2D eigenvalue weighted by Crippen LogP contribution is -2.56. The minimum absolute atomic E-state index is 0.0205. The zero-order chi connectivity index (χ0) is 27.6. The number of nitro groups is 2. The first-order valence-electron chi connectivity index (χ1n) is 11.4. The van der Waals surface area contributed by atoms with Gasteiger partial charge in [-0.05, 0) is 50.1 Å². The second-order valence-corrected chi connectivity index (χ2v) is 9.01. The molecule has 198 valence electrons. The highest BCUT2D eigenvalue weighted by molar-refractivity contribution is 6.03. The summed E-state index contributed by atoms with van der Waals surface area (Å²) in [4.78, 5) is 57.7. The Morgan fingerprint density at radius 2 is 1.38 bits per heavy atom. The van der Waals surface area contributed by atoms with Crippen LogP contribution in [0.4, 0.5) is 16.2 Å². The van der Waals surface area contributed by atoms with Crippen molar-refractivity contribution in [1.29, 1.82) is 0 Å². The first-order valence-corrected chi connectivity index (χ1v) is 11.4. The van der Waals surface area contributed by atoms with Gasteiger partial charge in [0.2, 0.25) is 0 Å². The minimum atomic E-state index is -1.09. The number of hydrogen-bond acceptors (Lipinski definition) is 9. The standard InChI is InChI=1S/C24H29N5O8/c1-16(2)12-13-25-14-24(3,27-22(31)18-6-10-20(11-7-18)29(35)36)15-37-23(32)26-21(30)17-4-8-19(9-5-17)28(33)34/h4-11,16,25H,12-15H2,1-3H3,(H,27,31)(H,26,30,32)/t24-/m1/s1. The van der Waals surface area contributed by atoms with Crippen molar-refractivity contribution in [3.05, 3.63) is 79.9 Å². The molecule has 0 bridgehead atoms. The fourth-order valence-electron chi connectivity index (χ4n) is 3.13. The second kappa shape index (κ2) is 13.1. The first kappa shape index (κ1) is 28.8. The number of carbonyl (C=O) groups excluding carboxylic acids is 3. The van der Waals surface area contributed by atoms with Crippen LogP contribution in [-0.4, -0.2) is 53.0 Å². The quantitative estimate of drug-likeness (QED) is 0.217. The molecule has 1 atom stereocenters. The molecule has 0 aliphatic rings. The summed E-state index contributed by atoms with van der Waals surface area (Å²) >= 11 is 0. The number of benzene rings is 2. The number of alkyl carbamates (subject to hydrolysis) is 1. The molecule has 0 aromatic heterocycles. The summed E-state index contributed by atoms with van der Waals surface area (Å²) in [7, 11) is 0. The number of non-ortho nitro benzene ring substituents is 2. The first-order chi connectivity index (χ1) is 17.4. The number of rotatable bonds is 12. The van der Waals surface area contributed by atoms with Gasteiger partial charge in [0.15, 0.2) is 0 Å². The molecule has 0 saturated heterocycles. The molecule has 0 spiro atoms. The van der Waals surface area contributed by atoms with E-state index in [9.17, 15) is 34.6 Å². The van der Waals surface area contributed by atoms with E-state index in [0.29, 0.717) is 12.5 Å². The van der Waals surface area contributed by atoms with Crippen LogP contribution >= 0.6 is 0 Å². The monoisotopic (exact) mass is 515 g/mol. The molecule has 2 aromatic rings. The van der Waals surface area contributed by atoms with Gasteiger partial charge in [0.25, 0.3) is 23.2 Å². The lowest BCUT2D eigenvalue weighted by Gasteiger charge is -2.31. The number of imide groups is 1. The summed E-state index contributed by atoms with van der Waals surface area (Å²) in [6.07, 6.45) is -0.196. The molecule has 0 aliphatic carbocycles. The van der Waals surface area contributed by atoms with Gasteiger partial charge in [-0.25, -0.2) is 4.79 Å². The normalized spacial score (nSPS) is 12.3. The minimum Gasteiger partial charge on any atom is -0.447 e. The summed E-state index contributed by atoms with van der Waals surface area (Å²) in [6, 6.07) is 9.72. The molecule has 0 radical (unpaired) electrons. The van der Waals surface area contributed by atoms with E-state index >= 15 is 0 Å². The maximum Gasteiger partial charge on any atom is 0.414 e. The summed E-state index contributed by atoms with van der Waals surface area (Å²) in [5.41, 5.74) is -1.26. The predicted octanol–water partition coefficient (Wildman–Crippen LogP) is 3.19. The third-order valence-electron chi connectivity index (χ3n) is 5.25. The van der Waals surface area contributed by atoms with Crippen LogP contribution in [0.15, 0.2) is 48.5 Å². The molecule has 0 heterocycles. The van der Waals surface area contributed by atoms with Crippen molar-refractivity contribution < 1.29 is 29.0 Å². The highest BCUT2D eigenvalue weighted by Crippen LogP contribution is 2.14. The summed E-state index contributed by atoms with van der Waals surface area (Å²) in [5, 5.41) is 29.6. The number of nitrogens with zero attached hydrogens (tertiary/aromatic N) is 2. The number of hydrogen-bond donors (Lipinski definition) is 3. The van der Waals surface area contributed by atoms with Gasteiger partial charge in [-0.3, -0.25) is 35.1 Å². The van der Waals surface area contributed by atoms with Crippen molar-refractivity contribution in [2.75, 3.05) is 19.7 Å². The SMILES string of the molecule is CC(C)CCNC[C@](C)(COC(=O)NC(=O)c1ccc([N+](=O)[O-])cc1)NC(=O)c1ccc([N+](=O)[O-])cc1. The average Bonchev–Trinajstić information content (AvgIpc) is 2.85. The molecule has 2 rings (SSSR count). The number of nitro benzene ring substituents is 2. The lowest BCUT2D eigenvalue weighted by molar-refractivity contribution is -0.385. The van der Waals surface area contributed by atoms with Crippen LogP contribution in [0, 0.1) is 26.1 Å². The third-order valence-corrected chi connectivity index (χ3v) is 5.25. The Morgan fingerprint density at radius 3 is 1.84 bits per heavy atom. The van der Waals surface area contributed by atoms with Gasteiger partial charge in [-0.15, -0.1) is 0 Å². The molecule has 0 aliphatic heterocycles. The Kier molecular flexibility index (Phi) is 10.2. The van der Waals surface area contributed by atoms with E-state index in [-0.39, 0.29) is 35.7 Å². The highest BCUT2D eigenvalue weighted by Gasteiger charge is 2.29. The lowest BCUT2D eigenvalue weighted by atomic mass is 10.0. The number of carbonyl (C=O) groups is 3. The van der Waals surface area contributed by atoms with Gasteiger partial charge < -0.3 is 15.4 Å². The van der Waals surface area contributed by atoms with Crippen LogP contribution in [0.2, 0.25) is 0 Å². The fourth-order valence-corrected chi connectivity index (χ4v) is 3.13. The highest BCUT2D eigenvalue weighted by atomic mass is 16.6. The van der Waals surface area contributed by atoms with Gasteiger partial charge in [0.05, 0.1) is 15.4 Å². The molecule has 13 heteroatoms. The van der Waals surface area contributed by atoms with E-state index in [1.165, 1.54) is 36.4 Å². The Labute approximate surface area is 212 Å². The van der Waals surface area contributed by atoms with Crippen LogP contribution < -0.4 is 16.0 Å². The third kappa shape index (κ3) is 9.29. The van der Waals surface area contributed by atoms with E-state index in [0.717, 1.165) is 18.6 Å². The van der Waals surface area contributed by atoms with Gasteiger partial charge in [0.1, 0.15) is 6.61 Å². The van der Waals surface area contributed by atoms with Crippen molar-refractivity contribution in [3.63, 3.8) is 0 Å². The van der Waals surface area contributed by atoms with Crippen LogP contribution in [0.25, 0.3) is 0 Å². The number of nitrogens with one attached hydrogen (secondary N) is 3. The van der Waals surface area contributed by atoms with E-state index < -0.39 is 33.3 Å². The van der Waals surface area contributed by atoms with E-state index in [1.807, 2.05) is 5.32 Å². The average molecular weight is 516 g/mol. The molecular weight excluding hydrogens is 486 g/mol. The van der Waals surface area contributed by atoms with E-state index in [1.54, 1.807) is 6.92 Å². The zero-order valence-corrected chi connectivity index (χ0v) is 20.7. The molecular formula is C24H29N5O8. The van der Waals surface area contributed by atoms with Gasteiger partial charge in [-0.1, -0.05) is 13.8 Å². The maximum absolute atomic E-state index is 12.8. The van der Waals surface area contributed by atoms with Crippen molar-refractivity contribution in [2.45, 2.75) is 32.7 Å². The molecule has 3 amide bonds. The van der Waals surface area contributed by atoms with Gasteiger partial charge in [-0.2, -0.15) is 0 Å². The van der Waals surface area contributed by atoms with Crippen molar-refractivity contribution in [3.8, 4) is 0 Å². The van der Waals surface area contributed by atoms with Crippen LogP contribution in [0.3, 0.4) is 0 Å². The Hall–Kier alpha value is -4.39. The van der Waals surface area contributed by atoms with Crippen LogP contribution in [0.5, 0.6) is 0 Å². The molecule has 13 nitrogen and oxygen atoms in total. The van der Waals surface area contributed by atoms with Crippen LogP contribution in [-0.2, 0) is 4.74 Å². The molecule has 0 fully saturated rings. The Balaban J connectivity index is 2.03. The summed E-state index contributed by atoms with van der Waals surface area (Å²) in [5.74, 6) is -0.901. The Morgan fingerprint density at radius 1 is 0.892 bits per heavy atom. The van der Waals surface area contributed by atoms with Crippen LogP contribution in [0.1, 0.15) is 47.9 Å². The Bertz CT molecular complexity index is 1130. The largest absolute Gasteiger partial charge is 0.447 e. The molecule has 0 unspecified atom stereocenters. The number of ether oxygens (including phenoxy) is 1. The summed E-state index contributed by atoms with van der Waals surface area (Å²) < 4.78 is 5.20. The fraction of sp³-hybridized carbons (Fsp3) is 0.375. The van der Waals surface area contributed by atoms with E-state index in [2.05, 4.69) is 24.5 Å². The van der Waals surface area contributed by atoms with Gasteiger partial charge >= 0.3 is 6.09 Å². The predicted molar refractivity (Wildman–Crippen MR) is 133 cm³/mol. The van der Waals surface area contributed by atoms with Gasteiger partial charge in [0, 0.05) is 41.9 Å².